The number of thiophene rings is 1. The molecule has 0 saturated heterocycles. The molecule has 2 heterocycles. The molecule has 0 saturated carbocycles. The highest BCUT2D eigenvalue weighted by atomic mass is 127. The zero-order valence-electron chi connectivity index (χ0n) is 13.9. The van der Waals surface area contributed by atoms with Crippen molar-refractivity contribution in [3.8, 4) is 0 Å². The first-order valence-corrected chi connectivity index (χ1v) is 11.6. The lowest BCUT2D eigenvalue weighted by Gasteiger charge is -2.11. The number of hydrogen-bond donors (Lipinski definition) is 0. The Kier molecular flexibility index (Phi) is 3.96. The monoisotopic (exact) mass is 501 g/mol. The van der Waals surface area contributed by atoms with Gasteiger partial charge in [-0.3, -0.25) is 0 Å². The van der Waals surface area contributed by atoms with Crippen LogP contribution in [-0.2, 0) is 9.84 Å². The molecule has 0 atom stereocenters. The van der Waals surface area contributed by atoms with E-state index in [4.69, 9.17) is 4.98 Å². The van der Waals surface area contributed by atoms with Crippen LogP contribution in [0.15, 0.2) is 82.6 Å². The molecule has 0 aliphatic rings. The first-order valence-electron chi connectivity index (χ1n) is 8.26. The Morgan fingerprint density at radius 3 is 2.41 bits per heavy atom. The summed E-state index contributed by atoms with van der Waals surface area (Å²) in [5, 5.41) is 2.32. The lowest BCUT2D eigenvalue weighted by atomic mass is 10.1. The van der Waals surface area contributed by atoms with E-state index in [1.807, 2.05) is 48.5 Å². The van der Waals surface area contributed by atoms with Crippen LogP contribution in [0.5, 0.6) is 0 Å². The molecule has 0 radical (unpaired) electrons. The summed E-state index contributed by atoms with van der Waals surface area (Å²) in [6, 6.07) is 22.3. The largest absolute Gasteiger partial charge is 0.237 e. The average Bonchev–Trinajstić information content (AvgIpc) is 3.04. The van der Waals surface area contributed by atoms with Crippen molar-refractivity contribution in [2.24, 2.45) is 0 Å². The van der Waals surface area contributed by atoms with E-state index < -0.39 is 9.84 Å². The molecule has 3 aromatic carbocycles. The molecule has 6 heteroatoms. The van der Waals surface area contributed by atoms with Gasteiger partial charge >= 0.3 is 0 Å². The lowest BCUT2D eigenvalue weighted by Crippen LogP contribution is -2.04. The van der Waals surface area contributed by atoms with E-state index in [1.54, 1.807) is 24.3 Å². The average molecular weight is 501 g/mol. The minimum absolute atomic E-state index is 0.299. The Balaban J connectivity index is 2.05. The molecular formula is C21H12INO2S2. The van der Waals surface area contributed by atoms with Crippen molar-refractivity contribution in [3.05, 3.63) is 76.4 Å². The zero-order valence-corrected chi connectivity index (χ0v) is 17.7. The van der Waals surface area contributed by atoms with E-state index in [0.717, 1.165) is 18.5 Å². The van der Waals surface area contributed by atoms with Crippen molar-refractivity contribution >= 4 is 75.0 Å². The molecule has 27 heavy (non-hydrogen) atoms. The summed E-state index contributed by atoms with van der Waals surface area (Å²) in [6.45, 7) is 0. The predicted octanol–water partition coefficient (Wildman–Crippen LogP) is 6.04. The first kappa shape index (κ1) is 17.1. The second-order valence-corrected chi connectivity index (χ2v) is 10.4. The Morgan fingerprint density at radius 1 is 0.852 bits per heavy atom. The smallest absolute Gasteiger partial charge is 0.207 e. The molecule has 0 fully saturated rings. The van der Waals surface area contributed by atoms with Gasteiger partial charge in [0.25, 0.3) is 0 Å². The number of benzene rings is 3. The number of hydrogen-bond acceptors (Lipinski definition) is 4. The highest BCUT2D eigenvalue weighted by Gasteiger charge is 2.26. The van der Waals surface area contributed by atoms with Crippen molar-refractivity contribution in [1.29, 1.82) is 0 Å². The fourth-order valence-corrected chi connectivity index (χ4v) is 6.69. The molecule has 0 amide bonds. The zero-order chi connectivity index (χ0) is 18.6. The summed E-state index contributed by atoms with van der Waals surface area (Å²) in [7, 11) is -3.71. The van der Waals surface area contributed by atoms with Gasteiger partial charge in [0.05, 0.1) is 15.3 Å². The van der Waals surface area contributed by atoms with Gasteiger partial charge < -0.3 is 0 Å². The number of sulfone groups is 1. The van der Waals surface area contributed by atoms with Crippen molar-refractivity contribution in [2.75, 3.05) is 0 Å². The molecule has 2 aromatic heterocycles. The van der Waals surface area contributed by atoms with Gasteiger partial charge in [-0.2, -0.15) is 0 Å². The normalized spacial score (nSPS) is 12.2. The molecule has 0 unspecified atom stereocenters. The summed E-state index contributed by atoms with van der Waals surface area (Å²) in [4.78, 5) is 6.17. The minimum Gasteiger partial charge on any atom is -0.237 e. The second kappa shape index (κ2) is 6.25. The first-order chi connectivity index (χ1) is 13.1. The molecule has 0 spiro atoms. The molecule has 132 valence electrons. The summed E-state index contributed by atoms with van der Waals surface area (Å²) in [6.07, 6.45) is 0. The molecule has 5 rings (SSSR count). The van der Waals surface area contributed by atoms with Crippen molar-refractivity contribution < 1.29 is 8.42 Å². The molecule has 0 aliphatic heterocycles. The van der Waals surface area contributed by atoms with Crippen molar-refractivity contribution in [3.63, 3.8) is 0 Å². The van der Waals surface area contributed by atoms with Gasteiger partial charge in [0.1, 0.15) is 4.83 Å². The van der Waals surface area contributed by atoms with Crippen molar-refractivity contribution in [1.82, 2.24) is 4.98 Å². The van der Waals surface area contributed by atoms with Crippen LogP contribution in [0.2, 0.25) is 0 Å². The number of nitrogens with zero attached hydrogens (tertiary/aromatic N) is 1. The minimum atomic E-state index is -3.71. The molecule has 0 aliphatic carbocycles. The molecular weight excluding hydrogens is 489 g/mol. The fraction of sp³-hybridized carbons (Fsp3) is 0. The second-order valence-electron chi connectivity index (χ2n) is 6.20. The quantitative estimate of drug-likeness (QED) is 0.277. The van der Waals surface area contributed by atoms with Gasteiger partial charge in [0.15, 0.2) is 0 Å². The molecule has 0 bridgehead atoms. The maximum absolute atomic E-state index is 13.7. The standard InChI is InChI=1S/C21H12INO2S2/c22-13-10-11-17-16(12-13)20(27(24,25)14-6-2-1-3-7-14)19-15-8-4-5-9-18(15)26-21(19)23-17/h1-12H. The highest BCUT2D eigenvalue weighted by Crippen LogP contribution is 2.42. The fourth-order valence-electron chi connectivity index (χ4n) is 3.36. The summed E-state index contributed by atoms with van der Waals surface area (Å²) < 4.78 is 29.4. The molecule has 5 aromatic rings. The van der Waals surface area contributed by atoms with E-state index >= 15 is 0 Å². The van der Waals surface area contributed by atoms with Crippen LogP contribution in [0, 0.1) is 3.57 Å². The van der Waals surface area contributed by atoms with Crippen LogP contribution < -0.4 is 0 Å². The molecule has 3 nitrogen and oxygen atoms in total. The van der Waals surface area contributed by atoms with Gasteiger partial charge in [0.2, 0.25) is 9.84 Å². The van der Waals surface area contributed by atoms with Crippen LogP contribution >= 0.6 is 33.9 Å². The van der Waals surface area contributed by atoms with E-state index in [-0.39, 0.29) is 0 Å². The van der Waals surface area contributed by atoms with Crippen LogP contribution in [0.4, 0.5) is 0 Å². The summed E-state index contributed by atoms with van der Waals surface area (Å²) in [5.41, 5.74) is 0.698. The van der Waals surface area contributed by atoms with Crippen LogP contribution in [0.25, 0.3) is 31.2 Å². The third-order valence-corrected chi connectivity index (χ3v) is 8.14. The highest BCUT2D eigenvalue weighted by molar-refractivity contribution is 14.1. The SMILES string of the molecule is O=S(=O)(c1ccccc1)c1c2cc(I)ccc2nc2sc3ccccc3c12. The summed E-state index contributed by atoms with van der Waals surface area (Å²) in [5.74, 6) is 0. The van der Waals surface area contributed by atoms with Gasteiger partial charge in [-0.1, -0.05) is 36.4 Å². The van der Waals surface area contributed by atoms with E-state index in [1.165, 1.54) is 11.3 Å². The Bertz CT molecular complexity index is 1440. The van der Waals surface area contributed by atoms with Crippen LogP contribution in [0.1, 0.15) is 0 Å². The van der Waals surface area contributed by atoms with Crippen LogP contribution in [0.3, 0.4) is 0 Å². The van der Waals surface area contributed by atoms with E-state index in [0.29, 0.717) is 26.1 Å². The van der Waals surface area contributed by atoms with Crippen LogP contribution in [-0.4, -0.2) is 13.4 Å². The Hall–Kier alpha value is -2.03. The van der Waals surface area contributed by atoms with Gasteiger partial charge in [-0.15, -0.1) is 11.3 Å². The number of pyridine rings is 1. The topological polar surface area (TPSA) is 47.0 Å². The van der Waals surface area contributed by atoms with Gasteiger partial charge in [-0.25, -0.2) is 13.4 Å². The van der Waals surface area contributed by atoms with Crippen molar-refractivity contribution in [2.45, 2.75) is 9.79 Å². The van der Waals surface area contributed by atoms with Gasteiger partial charge in [-0.05, 0) is 59.0 Å². The van der Waals surface area contributed by atoms with E-state index in [2.05, 4.69) is 22.6 Å². The lowest BCUT2D eigenvalue weighted by molar-refractivity contribution is 0.598. The summed E-state index contributed by atoms with van der Waals surface area (Å²) >= 11 is 3.74. The van der Waals surface area contributed by atoms with Gasteiger partial charge in [0, 0.05) is 24.4 Å². The Morgan fingerprint density at radius 2 is 1.59 bits per heavy atom. The predicted molar refractivity (Wildman–Crippen MR) is 119 cm³/mol. The maximum atomic E-state index is 13.7. The number of rotatable bonds is 2. The maximum Gasteiger partial charge on any atom is 0.207 e. The number of fused-ring (bicyclic) bond motifs is 4. The van der Waals surface area contributed by atoms with E-state index in [9.17, 15) is 8.42 Å². The number of aromatic nitrogens is 1. The third-order valence-electron chi connectivity index (χ3n) is 4.55. The number of halogens is 1. The third kappa shape index (κ3) is 2.66. The molecule has 0 N–H and O–H groups in total. The Labute approximate surface area is 173 Å².